The molecule has 0 aliphatic rings. The zero-order valence-corrected chi connectivity index (χ0v) is 52.2. The molecule has 0 amide bonds. The predicted octanol–water partition coefficient (Wildman–Crippen LogP) is 3.99. The molecule has 0 bridgehead atoms. The first-order valence-corrected chi connectivity index (χ1v) is 29.8. The Hall–Kier alpha value is -0.519. The van der Waals surface area contributed by atoms with E-state index in [0.717, 1.165) is 14.0 Å². The molecule has 0 aromatic heterocycles. The van der Waals surface area contributed by atoms with Crippen LogP contribution in [0.3, 0.4) is 0 Å². The van der Waals surface area contributed by atoms with Crippen molar-refractivity contribution in [3.63, 3.8) is 0 Å². The number of aliphatic hydroxyl groups is 2. The van der Waals surface area contributed by atoms with Crippen molar-refractivity contribution in [3.8, 4) is 0 Å². The molecule has 0 aromatic rings. The van der Waals surface area contributed by atoms with Gasteiger partial charge in [0.15, 0.2) is 36.5 Å². The summed E-state index contributed by atoms with van der Waals surface area (Å²) in [5.41, 5.74) is -3.66. The molecule has 0 aromatic carbocycles. The summed E-state index contributed by atoms with van der Waals surface area (Å²) in [6, 6.07) is 0. The number of methoxy groups -OCH3 is 1. The number of rotatable bonds is 11. The van der Waals surface area contributed by atoms with Gasteiger partial charge in [-0.3, -0.25) is 19.2 Å². The van der Waals surface area contributed by atoms with E-state index in [2.05, 4.69) is 4.74 Å². The normalized spacial score (nSPS) is 12.5. The van der Waals surface area contributed by atoms with Crippen molar-refractivity contribution in [2.45, 2.75) is 193 Å². The number of esters is 1. The molecule has 0 saturated carbocycles. The van der Waals surface area contributed by atoms with Gasteiger partial charge in [0.2, 0.25) is 0 Å². The summed E-state index contributed by atoms with van der Waals surface area (Å²) in [7, 11) is -2.89. The molecule has 19 heteroatoms. The standard InChI is InChI=1S/2C13H26O3Si.C8H18O3Si.C6H12O.C2H4O2.CH4O.H2N.2Na/c2*1-12(2,3)10(14)9-11(15)13(4,5)16-17(6,7)8;1-8(2,7(9)10-3)11-12(4,5)6;1-5(7)6(2,3)4;1-2(3)4;1-2;;;/h2*9,14H,1-8H3;1-6H3;1-4H3;1H3,(H,3,4);2H,1H3;1H2;;/q;;;;;;-1;2*+1/p-1/b2*10-9-;;;;;;;. The van der Waals surface area contributed by atoms with E-state index < -0.39 is 58.6 Å². The van der Waals surface area contributed by atoms with E-state index in [1.165, 1.54) is 19.3 Å². The number of carboxylic acid groups (broad SMARTS) is 1. The van der Waals surface area contributed by atoms with Gasteiger partial charge in [-0.25, -0.2) is 4.79 Å². The maximum Gasteiger partial charge on any atom is 1.00 e. The Morgan fingerprint density at radius 1 is 0.500 bits per heavy atom. The van der Waals surface area contributed by atoms with Gasteiger partial charge in [-0.15, -0.1) is 5.76 Å². The monoisotopic (exact) mass is 960 g/mol. The van der Waals surface area contributed by atoms with Crippen LogP contribution in [0.15, 0.2) is 23.7 Å². The number of carbonyl (C=O) groups is 5. The molecule has 360 valence electrons. The van der Waals surface area contributed by atoms with Crippen LogP contribution in [-0.4, -0.2) is 101 Å². The van der Waals surface area contributed by atoms with Crippen molar-refractivity contribution in [3.05, 3.63) is 29.8 Å². The Labute approximate surface area is 426 Å². The predicted molar refractivity (Wildman–Crippen MR) is 252 cm³/mol. The second kappa shape index (κ2) is 33.0. The largest absolute Gasteiger partial charge is 1.00 e. The minimum Gasteiger partial charge on any atom is -0.875 e. The van der Waals surface area contributed by atoms with E-state index in [0.29, 0.717) is 0 Å². The van der Waals surface area contributed by atoms with Crippen molar-refractivity contribution in [2.75, 3.05) is 14.2 Å². The zero-order valence-electron chi connectivity index (χ0n) is 45.2. The van der Waals surface area contributed by atoms with Gasteiger partial charge in [-0.1, -0.05) is 62.3 Å². The van der Waals surface area contributed by atoms with Crippen LogP contribution in [0.5, 0.6) is 0 Å². The Morgan fingerprint density at radius 3 is 0.903 bits per heavy atom. The van der Waals surface area contributed by atoms with Crippen LogP contribution in [0, 0.1) is 16.2 Å². The minimum atomic E-state index is -1.80. The number of Topliss-reactive ketones (excluding diaryl/α,β-unsaturated/α-hetero) is 1. The fourth-order valence-electron chi connectivity index (χ4n) is 3.71. The van der Waals surface area contributed by atoms with Crippen molar-refractivity contribution in [2.24, 2.45) is 16.2 Å². The third-order valence-electron chi connectivity index (χ3n) is 6.64. The van der Waals surface area contributed by atoms with Crippen molar-refractivity contribution < 1.29 is 122 Å². The van der Waals surface area contributed by atoms with E-state index in [1.54, 1.807) is 69.2 Å². The number of carboxylic acids is 1. The molecule has 14 nitrogen and oxygen atoms in total. The van der Waals surface area contributed by atoms with Crippen molar-refractivity contribution in [1.82, 2.24) is 0 Å². The van der Waals surface area contributed by atoms with Crippen LogP contribution in [0.4, 0.5) is 0 Å². The molecular weight excluding hydrogens is 869 g/mol. The number of aliphatic hydroxyl groups excluding tert-OH is 2. The number of aliphatic carboxylic acids is 1. The van der Waals surface area contributed by atoms with Crippen LogP contribution in [-0.2, 0) is 42.0 Å². The summed E-state index contributed by atoms with van der Waals surface area (Å²) in [5.74, 6) is -1.41. The molecule has 0 saturated heterocycles. The zero-order chi connectivity index (χ0) is 49.8. The molecule has 0 atom stereocenters. The second-order valence-corrected chi connectivity index (χ2v) is 34.5. The van der Waals surface area contributed by atoms with E-state index in [-0.39, 0.29) is 106 Å². The van der Waals surface area contributed by atoms with Gasteiger partial charge in [-0.2, -0.15) is 0 Å². The Balaban J connectivity index is -0.0000000839. The topological polar surface area (TPSA) is 240 Å². The summed E-state index contributed by atoms with van der Waals surface area (Å²) in [6.07, 6.45) is 2.47. The van der Waals surface area contributed by atoms with Gasteiger partial charge >= 0.3 is 65.1 Å². The number of hydrogen-bond donors (Lipinski definition) is 3. The maximum atomic E-state index is 12.1. The molecule has 0 aliphatic carbocycles. The number of ketones is 3. The van der Waals surface area contributed by atoms with Crippen LogP contribution in [0.25, 0.3) is 6.15 Å². The summed E-state index contributed by atoms with van der Waals surface area (Å²) < 4.78 is 21.9. The Kier molecular flexibility index (Phi) is 43.5. The summed E-state index contributed by atoms with van der Waals surface area (Å²) in [5, 5.41) is 36.0. The van der Waals surface area contributed by atoms with Crippen LogP contribution >= 0.6 is 0 Å². The molecule has 0 heterocycles. The van der Waals surface area contributed by atoms with Crippen LogP contribution in [0.2, 0.25) is 58.9 Å². The summed E-state index contributed by atoms with van der Waals surface area (Å²) in [6.45, 7) is 48.1. The third-order valence-corrected chi connectivity index (χ3v) is 10.0. The van der Waals surface area contributed by atoms with Crippen LogP contribution < -0.4 is 64.2 Å². The van der Waals surface area contributed by atoms with Crippen LogP contribution in [0.1, 0.15) is 118 Å². The number of hydrogen-bond acceptors (Lipinski definition) is 12. The number of carbonyl (C=O) groups excluding carboxylic acids is 4. The van der Waals surface area contributed by atoms with E-state index in [4.69, 9.17) is 28.3 Å². The van der Waals surface area contributed by atoms with Gasteiger partial charge < -0.3 is 44.6 Å². The molecule has 62 heavy (non-hydrogen) atoms. The molecule has 0 radical (unpaired) electrons. The molecule has 5 N–H and O–H groups in total. The molecule has 0 spiro atoms. The first-order chi connectivity index (χ1) is 25.4. The smallest absolute Gasteiger partial charge is 0.875 e. The van der Waals surface area contributed by atoms with E-state index in [1.807, 2.05) is 100 Å². The van der Waals surface area contributed by atoms with Gasteiger partial charge in [0.1, 0.15) is 28.3 Å². The van der Waals surface area contributed by atoms with Gasteiger partial charge in [0, 0.05) is 30.9 Å². The van der Waals surface area contributed by atoms with Gasteiger partial charge in [0.25, 0.3) is 5.97 Å². The number of nitrogens with two attached hydrogens (primary N) is 1. The molecule has 0 rings (SSSR count). The fraction of sp³-hybridized carbons (Fsp3) is 0.791. The van der Waals surface area contributed by atoms with Gasteiger partial charge in [-0.05, 0) is 119 Å². The molecular formula is C43H91NNa2O13Si3. The average molecular weight is 960 g/mol. The number of ether oxygens (including phenoxy) is 1. The first kappa shape index (κ1) is 81.7. The average Bonchev–Trinajstić information content (AvgIpc) is 2.93. The molecule has 0 unspecified atom stereocenters. The Morgan fingerprint density at radius 2 is 0.726 bits per heavy atom. The summed E-state index contributed by atoms with van der Waals surface area (Å²) >= 11 is 0. The first-order valence-electron chi connectivity index (χ1n) is 19.6. The SMILES string of the molecule is CC(=O)C(C)(C)C.CC(=O)O.CC(C)(O[Si](C)(C)C)C(=O)/C=C(\O)C(C)(C)C.CC(C)(O[Si](C)(C)C)C(=O)/C=C(\[O-])C(C)(C)C.CO.COC(=O)C(C)(C)O[Si](C)(C)C.[NH2-].[Na+].[Na+]. The fourth-order valence-corrected chi connectivity index (χ4v) is 8.59. The van der Waals surface area contributed by atoms with Crippen molar-refractivity contribution in [1.29, 1.82) is 0 Å². The second-order valence-electron chi connectivity index (χ2n) is 21.3. The molecule has 0 fully saturated rings. The minimum absolute atomic E-state index is 0. The van der Waals surface area contributed by atoms with E-state index >= 15 is 0 Å². The van der Waals surface area contributed by atoms with Crippen molar-refractivity contribution >= 4 is 54.2 Å². The van der Waals surface area contributed by atoms with Gasteiger partial charge in [0.05, 0.1) is 7.11 Å². The maximum absolute atomic E-state index is 12.1. The quantitative estimate of drug-likeness (QED) is 0.115. The molecule has 0 aliphatic heterocycles. The number of allylic oxidation sites excluding steroid dienone is 2. The summed E-state index contributed by atoms with van der Waals surface area (Å²) in [4.78, 5) is 54.7. The Bertz CT molecular complexity index is 1300. The third kappa shape index (κ3) is 50.5. The van der Waals surface area contributed by atoms with E-state index in [9.17, 15) is 29.4 Å².